The van der Waals surface area contributed by atoms with Crippen molar-refractivity contribution in [3.8, 4) is 0 Å². The number of rotatable bonds is 12. The summed E-state index contributed by atoms with van der Waals surface area (Å²) in [6.07, 6.45) is 4.25. The van der Waals surface area contributed by atoms with Crippen molar-refractivity contribution in [2.75, 3.05) is 9.80 Å². The summed E-state index contributed by atoms with van der Waals surface area (Å²) >= 11 is 0. The van der Waals surface area contributed by atoms with Gasteiger partial charge in [-0.25, -0.2) is 0 Å². The molecule has 0 unspecified atom stereocenters. The molecule has 0 bridgehead atoms. The van der Waals surface area contributed by atoms with E-state index in [-0.39, 0.29) is 0 Å². The van der Waals surface area contributed by atoms with Gasteiger partial charge in [0.2, 0.25) is 0 Å². The predicted molar refractivity (Wildman–Crippen MR) is 253 cm³/mol. The molecule has 8 aromatic carbocycles. The van der Waals surface area contributed by atoms with Crippen molar-refractivity contribution in [3.63, 3.8) is 0 Å². The molecule has 0 amide bonds. The molecule has 0 heterocycles. The molecular weight excluding hydrogens is 701 g/mol. The number of anilines is 6. The van der Waals surface area contributed by atoms with Crippen LogP contribution < -0.4 is 9.80 Å². The van der Waals surface area contributed by atoms with E-state index in [4.69, 9.17) is 0 Å². The van der Waals surface area contributed by atoms with Crippen molar-refractivity contribution in [1.82, 2.24) is 0 Å². The van der Waals surface area contributed by atoms with Gasteiger partial charge in [-0.15, -0.1) is 0 Å². The Morgan fingerprint density at radius 1 is 0.310 bits per heavy atom. The van der Waals surface area contributed by atoms with Crippen LogP contribution in [0.4, 0.5) is 34.1 Å². The van der Waals surface area contributed by atoms with Gasteiger partial charge in [0.25, 0.3) is 0 Å². The van der Waals surface area contributed by atoms with Crippen molar-refractivity contribution in [1.29, 1.82) is 0 Å². The third-order valence-electron chi connectivity index (χ3n) is 11.4. The average molecular weight is 755 g/mol. The molecule has 0 aromatic heterocycles. The lowest BCUT2D eigenvalue weighted by molar-refractivity contribution is 0.945. The van der Waals surface area contributed by atoms with Crippen LogP contribution in [-0.4, -0.2) is 0 Å². The van der Waals surface area contributed by atoms with E-state index in [1.807, 2.05) is 0 Å². The highest BCUT2D eigenvalue weighted by atomic mass is 15.1. The van der Waals surface area contributed by atoms with Crippen LogP contribution in [-0.2, 0) is 0 Å². The maximum Gasteiger partial charge on any atom is 0.0468 e. The first-order chi connectivity index (χ1) is 28.3. The Morgan fingerprint density at radius 3 is 0.862 bits per heavy atom. The van der Waals surface area contributed by atoms with E-state index in [9.17, 15) is 0 Å². The summed E-state index contributed by atoms with van der Waals surface area (Å²) in [7, 11) is 0. The second-order valence-electron chi connectivity index (χ2n) is 16.0. The van der Waals surface area contributed by atoms with Crippen molar-refractivity contribution >= 4 is 66.8 Å². The van der Waals surface area contributed by atoms with E-state index in [2.05, 4.69) is 221 Å². The lowest BCUT2D eigenvalue weighted by atomic mass is 9.87. The molecular formula is C56H54N2. The predicted octanol–water partition coefficient (Wildman–Crippen LogP) is 16.7. The molecule has 0 aliphatic rings. The summed E-state index contributed by atoms with van der Waals surface area (Å²) in [5, 5.41) is 5.00. The maximum absolute atomic E-state index is 2.42. The molecule has 8 rings (SSSR count). The molecule has 0 radical (unpaired) electrons. The normalized spacial score (nSPS) is 11.8. The van der Waals surface area contributed by atoms with E-state index in [0.717, 1.165) is 59.8 Å². The average Bonchev–Trinajstić information content (AvgIpc) is 3.24. The smallest absolute Gasteiger partial charge is 0.0468 e. The zero-order valence-corrected chi connectivity index (χ0v) is 34.9. The fourth-order valence-electron chi connectivity index (χ4n) is 8.23. The van der Waals surface area contributed by atoms with Crippen LogP contribution in [0.5, 0.6) is 0 Å². The van der Waals surface area contributed by atoms with Crippen LogP contribution >= 0.6 is 0 Å². The van der Waals surface area contributed by atoms with Crippen molar-refractivity contribution in [2.24, 2.45) is 0 Å². The number of allylic oxidation sites excluding steroid dienone is 2. The number of nitrogens with zero attached hydrogens (tertiary/aromatic N) is 2. The van der Waals surface area contributed by atoms with Gasteiger partial charge in [0.1, 0.15) is 0 Å². The molecule has 2 heteroatoms. The number of hydrogen-bond donors (Lipinski definition) is 0. The van der Waals surface area contributed by atoms with Gasteiger partial charge in [-0.1, -0.05) is 134 Å². The molecule has 58 heavy (non-hydrogen) atoms. The van der Waals surface area contributed by atoms with Crippen LogP contribution in [0.1, 0.15) is 72.9 Å². The topological polar surface area (TPSA) is 6.48 Å². The van der Waals surface area contributed by atoms with Crippen LogP contribution in [0.25, 0.3) is 32.7 Å². The zero-order valence-electron chi connectivity index (χ0n) is 34.9. The van der Waals surface area contributed by atoms with Crippen LogP contribution in [0.2, 0.25) is 0 Å². The molecule has 0 N–H and O–H groups in total. The fraction of sp³-hybridized carbons (Fsp3) is 0.179. The maximum atomic E-state index is 2.42. The van der Waals surface area contributed by atoms with Gasteiger partial charge in [-0.05, 0) is 169 Å². The first kappa shape index (κ1) is 38.5. The molecule has 0 saturated heterocycles. The van der Waals surface area contributed by atoms with Gasteiger partial charge in [-0.3, -0.25) is 0 Å². The molecule has 0 atom stereocenters. The van der Waals surface area contributed by atoms with Crippen molar-refractivity contribution < 1.29 is 0 Å². The Bertz CT molecular complexity index is 2420. The molecule has 0 aliphatic carbocycles. The first-order valence-corrected chi connectivity index (χ1v) is 21.0. The largest absolute Gasteiger partial charge is 0.310 e. The molecule has 0 spiro atoms. The minimum atomic E-state index is 1.03. The molecule has 8 aromatic rings. The summed E-state index contributed by atoms with van der Waals surface area (Å²) < 4.78 is 0. The third kappa shape index (κ3) is 8.20. The van der Waals surface area contributed by atoms with Gasteiger partial charge in [0, 0.05) is 34.1 Å². The van der Waals surface area contributed by atoms with Gasteiger partial charge in [0.05, 0.1) is 0 Å². The highest BCUT2D eigenvalue weighted by Gasteiger charge is 2.17. The summed E-state index contributed by atoms with van der Waals surface area (Å²) in [5.74, 6) is 0. The van der Waals surface area contributed by atoms with Gasteiger partial charge < -0.3 is 9.80 Å². The molecule has 0 aliphatic heterocycles. The highest BCUT2D eigenvalue weighted by Crippen LogP contribution is 2.41. The fourth-order valence-corrected chi connectivity index (χ4v) is 8.23. The lowest BCUT2D eigenvalue weighted by Crippen LogP contribution is -2.10. The third-order valence-corrected chi connectivity index (χ3v) is 11.4. The van der Waals surface area contributed by atoms with E-state index >= 15 is 0 Å². The number of aryl methyl sites for hydroxylation is 4. The zero-order chi connectivity index (χ0) is 40.2. The van der Waals surface area contributed by atoms with E-state index in [0.29, 0.717) is 0 Å². The molecule has 0 saturated carbocycles. The Balaban J connectivity index is 1.16. The van der Waals surface area contributed by atoms with Gasteiger partial charge in [0.15, 0.2) is 0 Å². The van der Waals surface area contributed by atoms with Gasteiger partial charge >= 0.3 is 0 Å². The lowest BCUT2D eigenvalue weighted by Gasteiger charge is -2.26. The number of benzene rings is 8. The Kier molecular flexibility index (Phi) is 11.3. The number of fused-ring (bicyclic) bond motifs is 2. The Hall–Kier alpha value is -6.38. The standard InChI is InChI=1S/C56H54N2/c1-7-9-55(47-21-19-45-37-53(33-23-43(45)35-47)57(49-25-11-39(3)12-26-49)50-27-13-40(4)14-28-50)56(10-8-2)48-22-20-46-38-54(34-24-44(46)36-48)58(51-29-15-41(5)16-30-51)52-31-17-42(6)18-32-52/h11-38H,7-10H2,1-6H3/b56-55+. The number of hydrogen-bond acceptors (Lipinski definition) is 2. The van der Waals surface area contributed by atoms with Crippen LogP contribution in [0, 0.1) is 27.7 Å². The second kappa shape index (κ2) is 17.0. The van der Waals surface area contributed by atoms with Crippen LogP contribution in [0.3, 0.4) is 0 Å². The van der Waals surface area contributed by atoms with Gasteiger partial charge in [-0.2, -0.15) is 0 Å². The van der Waals surface area contributed by atoms with Crippen LogP contribution in [0.15, 0.2) is 170 Å². The van der Waals surface area contributed by atoms with Crippen molar-refractivity contribution in [3.05, 3.63) is 203 Å². The summed E-state index contributed by atoms with van der Waals surface area (Å²) in [4.78, 5) is 4.72. The Labute approximate surface area is 345 Å². The second-order valence-corrected chi connectivity index (χ2v) is 16.0. The van der Waals surface area contributed by atoms with E-state index < -0.39 is 0 Å². The summed E-state index contributed by atoms with van der Waals surface area (Å²) in [6, 6.07) is 63.3. The quantitative estimate of drug-likeness (QED) is 0.115. The highest BCUT2D eigenvalue weighted by molar-refractivity contribution is 5.98. The van der Waals surface area contributed by atoms with Crippen molar-refractivity contribution in [2.45, 2.75) is 67.2 Å². The summed E-state index contributed by atoms with van der Waals surface area (Å²) in [6.45, 7) is 13.2. The van der Waals surface area contributed by atoms with E-state index in [1.54, 1.807) is 0 Å². The SMILES string of the molecule is CCC/C(=C(/CCC)c1ccc2cc(N(c3ccc(C)cc3)c3ccc(C)cc3)ccc2c1)c1ccc2cc(N(c3ccc(C)cc3)c3ccc(C)cc3)ccc2c1. The minimum absolute atomic E-state index is 1.03. The Morgan fingerprint density at radius 2 is 0.569 bits per heavy atom. The molecule has 0 fully saturated rings. The molecule has 2 nitrogen and oxygen atoms in total. The monoisotopic (exact) mass is 754 g/mol. The van der Waals surface area contributed by atoms with E-state index in [1.165, 1.54) is 66.1 Å². The summed E-state index contributed by atoms with van der Waals surface area (Å²) in [5.41, 5.74) is 17.5. The first-order valence-electron chi connectivity index (χ1n) is 21.0. The minimum Gasteiger partial charge on any atom is -0.310 e. The molecule has 288 valence electrons.